The summed E-state index contributed by atoms with van der Waals surface area (Å²) < 4.78 is 76.4. The van der Waals surface area contributed by atoms with Gasteiger partial charge in [0.2, 0.25) is 5.91 Å². The van der Waals surface area contributed by atoms with Gasteiger partial charge in [-0.15, -0.1) is 0 Å². The number of amides is 1. The van der Waals surface area contributed by atoms with Gasteiger partial charge in [0, 0.05) is 12.5 Å². The number of carbonyl (C=O) groups is 1. The van der Waals surface area contributed by atoms with Gasteiger partial charge in [-0.25, -0.2) is 0 Å². The quantitative estimate of drug-likeness (QED) is 0.779. The molecule has 0 aromatic heterocycles. The maximum Gasteiger partial charge on any atom is 0.416 e. The molecule has 2 fully saturated rings. The van der Waals surface area contributed by atoms with Crippen molar-refractivity contribution in [3.8, 4) is 0 Å². The van der Waals surface area contributed by atoms with Crippen LogP contribution in [-0.2, 0) is 4.79 Å². The fraction of sp³-hybridized carbons (Fsp3) is 0.929. The van der Waals surface area contributed by atoms with Crippen molar-refractivity contribution in [1.82, 2.24) is 4.90 Å². The molecular formula is C14H19F6NO2. The standard InChI is InChI=1S/C14H19F6NO2/c15-13(16,17)9-4-1-3-8(7-9)12(23)21-6-2-5-10(21)11(22)14(18,19)20/h8-11,22H,1-7H2. The van der Waals surface area contributed by atoms with E-state index in [2.05, 4.69) is 0 Å². The third-order valence-electron chi connectivity index (χ3n) is 4.77. The number of aliphatic hydroxyl groups is 1. The molecule has 134 valence electrons. The molecule has 9 heteroatoms. The topological polar surface area (TPSA) is 40.5 Å². The van der Waals surface area contributed by atoms with Gasteiger partial charge >= 0.3 is 12.4 Å². The van der Waals surface area contributed by atoms with Crippen molar-refractivity contribution in [3.05, 3.63) is 0 Å². The van der Waals surface area contributed by atoms with Crippen molar-refractivity contribution in [2.24, 2.45) is 11.8 Å². The highest BCUT2D eigenvalue weighted by molar-refractivity contribution is 5.79. The number of halogens is 6. The first-order valence-electron chi connectivity index (χ1n) is 7.63. The van der Waals surface area contributed by atoms with E-state index in [9.17, 15) is 36.2 Å². The van der Waals surface area contributed by atoms with Crippen molar-refractivity contribution in [1.29, 1.82) is 0 Å². The largest absolute Gasteiger partial charge is 0.416 e. The molecule has 0 aromatic rings. The predicted molar refractivity (Wildman–Crippen MR) is 68.3 cm³/mol. The van der Waals surface area contributed by atoms with Crippen LogP contribution >= 0.6 is 0 Å². The predicted octanol–water partition coefficient (Wildman–Crippen LogP) is 3.27. The first-order valence-corrected chi connectivity index (χ1v) is 7.63. The Morgan fingerprint density at radius 2 is 1.70 bits per heavy atom. The molecule has 1 saturated carbocycles. The Balaban J connectivity index is 2.07. The van der Waals surface area contributed by atoms with Gasteiger partial charge in [0.25, 0.3) is 0 Å². The first-order chi connectivity index (χ1) is 10.5. The number of aliphatic hydroxyl groups excluding tert-OH is 1. The molecule has 1 heterocycles. The normalized spacial score (nSPS) is 31.3. The number of likely N-dealkylation sites (tertiary alicyclic amines) is 1. The molecule has 2 aliphatic rings. The second-order valence-corrected chi connectivity index (χ2v) is 6.33. The summed E-state index contributed by atoms with van der Waals surface area (Å²) in [6.07, 6.45) is -11.6. The van der Waals surface area contributed by atoms with E-state index in [1.807, 2.05) is 0 Å². The minimum Gasteiger partial charge on any atom is -0.382 e. The Labute approximate surface area is 129 Å². The molecule has 3 nitrogen and oxygen atoms in total. The minimum atomic E-state index is -4.85. The summed E-state index contributed by atoms with van der Waals surface area (Å²) in [5.74, 6) is -3.19. The molecule has 0 radical (unpaired) electrons. The summed E-state index contributed by atoms with van der Waals surface area (Å²) in [5, 5.41) is 9.39. The summed E-state index contributed by atoms with van der Waals surface area (Å²) in [6, 6.07) is -1.39. The van der Waals surface area contributed by atoms with E-state index in [4.69, 9.17) is 0 Å². The molecule has 0 spiro atoms. The average molecular weight is 347 g/mol. The average Bonchev–Trinajstić information content (AvgIpc) is 2.93. The zero-order valence-electron chi connectivity index (χ0n) is 12.3. The zero-order valence-corrected chi connectivity index (χ0v) is 12.3. The Kier molecular flexibility index (Phi) is 5.18. The molecular weight excluding hydrogens is 328 g/mol. The van der Waals surface area contributed by atoms with E-state index in [1.165, 1.54) is 0 Å². The third kappa shape index (κ3) is 4.10. The molecule has 1 aliphatic heterocycles. The van der Waals surface area contributed by atoms with E-state index in [1.54, 1.807) is 0 Å². The van der Waals surface area contributed by atoms with Crippen molar-refractivity contribution in [3.63, 3.8) is 0 Å². The van der Waals surface area contributed by atoms with E-state index in [0.717, 1.165) is 4.90 Å². The Morgan fingerprint density at radius 3 is 2.26 bits per heavy atom. The zero-order chi connectivity index (χ0) is 17.4. The Bertz CT molecular complexity index is 436. The molecule has 4 unspecified atom stereocenters. The molecule has 0 aromatic carbocycles. The lowest BCUT2D eigenvalue weighted by molar-refractivity contribution is -0.219. The van der Waals surface area contributed by atoms with Crippen molar-refractivity contribution in [2.45, 2.75) is 63.0 Å². The van der Waals surface area contributed by atoms with Gasteiger partial charge < -0.3 is 10.0 Å². The van der Waals surface area contributed by atoms with Crippen molar-refractivity contribution in [2.75, 3.05) is 6.54 Å². The fourth-order valence-corrected chi connectivity index (χ4v) is 3.56. The lowest BCUT2D eigenvalue weighted by atomic mass is 9.80. The number of nitrogens with zero attached hydrogens (tertiary/aromatic N) is 1. The van der Waals surface area contributed by atoms with Gasteiger partial charge in [0.15, 0.2) is 6.10 Å². The second kappa shape index (κ2) is 6.49. The van der Waals surface area contributed by atoms with Crippen molar-refractivity contribution >= 4 is 5.91 Å². The van der Waals surface area contributed by atoms with Crippen LogP contribution in [0.4, 0.5) is 26.3 Å². The molecule has 0 bridgehead atoms. The van der Waals surface area contributed by atoms with Crippen LogP contribution in [0.1, 0.15) is 38.5 Å². The van der Waals surface area contributed by atoms with Gasteiger partial charge in [-0.1, -0.05) is 6.42 Å². The van der Waals surface area contributed by atoms with E-state index in [0.29, 0.717) is 6.42 Å². The maximum atomic E-state index is 12.8. The van der Waals surface area contributed by atoms with Crippen molar-refractivity contribution < 1.29 is 36.2 Å². The highest BCUT2D eigenvalue weighted by Gasteiger charge is 2.50. The summed E-state index contributed by atoms with van der Waals surface area (Å²) in [4.78, 5) is 13.3. The van der Waals surface area contributed by atoms with Crippen LogP contribution in [-0.4, -0.2) is 47.0 Å². The Morgan fingerprint density at radius 1 is 1.04 bits per heavy atom. The molecule has 1 N–H and O–H groups in total. The van der Waals surface area contributed by atoms with Gasteiger partial charge in [-0.3, -0.25) is 4.79 Å². The lowest BCUT2D eigenvalue weighted by Gasteiger charge is -2.35. The lowest BCUT2D eigenvalue weighted by Crippen LogP contribution is -2.51. The number of hydrogen-bond acceptors (Lipinski definition) is 2. The smallest absolute Gasteiger partial charge is 0.382 e. The fourth-order valence-electron chi connectivity index (χ4n) is 3.56. The number of carbonyl (C=O) groups excluding carboxylic acids is 1. The van der Waals surface area contributed by atoms with Gasteiger partial charge in [-0.2, -0.15) is 26.3 Å². The van der Waals surface area contributed by atoms with E-state index < -0.39 is 42.2 Å². The molecule has 1 saturated heterocycles. The van der Waals surface area contributed by atoms with Crippen LogP contribution in [0, 0.1) is 11.8 Å². The van der Waals surface area contributed by atoms with Crippen LogP contribution in [0.5, 0.6) is 0 Å². The van der Waals surface area contributed by atoms with Gasteiger partial charge in [0.05, 0.1) is 12.0 Å². The van der Waals surface area contributed by atoms with E-state index >= 15 is 0 Å². The summed E-state index contributed by atoms with van der Waals surface area (Å²) >= 11 is 0. The summed E-state index contributed by atoms with van der Waals surface area (Å²) in [7, 11) is 0. The molecule has 1 amide bonds. The summed E-state index contributed by atoms with van der Waals surface area (Å²) in [6.45, 7) is 0.0455. The van der Waals surface area contributed by atoms with Crippen LogP contribution in [0.15, 0.2) is 0 Å². The Hall–Kier alpha value is -0.990. The monoisotopic (exact) mass is 347 g/mol. The first kappa shape index (κ1) is 18.4. The number of alkyl halides is 6. The van der Waals surface area contributed by atoms with Crippen LogP contribution in [0.2, 0.25) is 0 Å². The van der Waals surface area contributed by atoms with Crippen LogP contribution < -0.4 is 0 Å². The van der Waals surface area contributed by atoms with Crippen LogP contribution in [0.25, 0.3) is 0 Å². The van der Waals surface area contributed by atoms with Gasteiger partial charge in [0.1, 0.15) is 0 Å². The van der Waals surface area contributed by atoms with Crippen LogP contribution in [0.3, 0.4) is 0 Å². The highest BCUT2D eigenvalue weighted by Crippen LogP contribution is 2.41. The second-order valence-electron chi connectivity index (χ2n) is 6.33. The third-order valence-corrected chi connectivity index (χ3v) is 4.77. The van der Waals surface area contributed by atoms with E-state index in [-0.39, 0.29) is 38.6 Å². The highest BCUT2D eigenvalue weighted by atomic mass is 19.4. The number of rotatable bonds is 2. The molecule has 4 atom stereocenters. The molecule has 2 rings (SSSR count). The SMILES string of the molecule is O=C(C1CCCC(C(F)(F)F)C1)N1CCCC1C(O)C(F)(F)F. The maximum absolute atomic E-state index is 12.8. The molecule has 1 aliphatic carbocycles. The molecule has 23 heavy (non-hydrogen) atoms. The van der Waals surface area contributed by atoms with Gasteiger partial charge in [-0.05, 0) is 32.1 Å². The number of hydrogen-bond donors (Lipinski definition) is 1. The summed E-state index contributed by atoms with van der Waals surface area (Å²) in [5.41, 5.74) is 0. The minimum absolute atomic E-state index is 0.00182.